The van der Waals surface area contributed by atoms with Crippen molar-refractivity contribution in [1.29, 1.82) is 0 Å². The molecule has 1 aliphatic heterocycles. The Bertz CT molecular complexity index is 389. The quantitative estimate of drug-likeness (QED) is 0.844. The van der Waals surface area contributed by atoms with Crippen LogP contribution in [0, 0.1) is 5.92 Å². The number of nitrogens with one attached hydrogen (secondary N) is 1. The summed E-state index contributed by atoms with van der Waals surface area (Å²) in [6, 6.07) is 11.3. The van der Waals surface area contributed by atoms with Gasteiger partial charge in [-0.3, -0.25) is 0 Å². The van der Waals surface area contributed by atoms with Gasteiger partial charge in [0.1, 0.15) is 0 Å². The normalized spacial score (nSPS) is 24.4. The van der Waals surface area contributed by atoms with Crippen LogP contribution in [0.5, 0.6) is 0 Å². The zero-order valence-corrected chi connectivity index (χ0v) is 11.9. The lowest BCUT2D eigenvalue weighted by molar-refractivity contribution is 0.301. The third-order valence-corrected chi connectivity index (χ3v) is 4.03. The van der Waals surface area contributed by atoms with Crippen LogP contribution < -0.4 is 11.1 Å². The van der Waals surface area contributed by atoms with Crippen molar-refractivity contribution < 1.29 is 0 Å². The maximum atomic E-state index is 5.96. The smallest absolute Gasteiger partial charge is 0.0320 e. The van der Waals surface area contributed by atoms with Gasteiger partial charge in [0.15, 0.2) is 0 Å². The largest absolute Gasteiger partial charge is 0.402 e. The van der Waals surface area contributed by atoms with Gasteiger partial charge in [0.05, 0.1) is 0 Å². The SMILES string of the molecule is CC/C=C(/N)CCC1CCC(c2ccccc2)NC1. The van der Waals surface area contributed by atoms with Gasteiger partial charge in [-0.2, -0.15) is 0 Å². The summed E-state index contributed by atoms with van der Waals surface area (Å²) in [4.78, 5) is 0. The molecule has 1 aromatic rings. The molecule has 2 nitrogen and oxygen atoms in total. The van der Waals surface area contributed by atoms with E-state index in [2.05, 4.69) is 48.6 Å². The Kier molecular flexibility index (Phi) is 5.46. The van der Waals surface area contributed by atoms with E-state index in [0.717, 1.165) is 31.0 Å². The van der Waals surface area contributed by atoms with Gasteiger partial charge in [-0.25, -0.2) is 0 Å². The molecule has 104 valence electrons. The second-order valence-corrected chi connectivity index (χ2v) is 5.54. The highest BCUT2D eigenvalue weighted by Gasteiger charge is 2.21. The zero-order chi connectivity index (χ0) is 13.5. The number of nitrogens with two attached hydrogens (primary N) is 1. The van der Waals surface area contributed by atoms with Crippen LogP contribution in [0.4, 0.5) is 0 Å². The first-order valence-corrected chi connectivity index (χ1v) is 7.52. The molecule has 19 heavy (non-hydrogen) atoms. The average molecular weight is 258 g/mol. The highest BCUT2D eigenvalue weighted by molar-refractivity contribution is 5.19. The van der Waals surface area contributed by atoms with Gasteiger partial charge in [-0.05, 0) is 50.1 Å². The van der Waals surface area contributed by atoms with Crippen molar-refractivity contribution in [1.82, 2.24) is 5.32 Å². The van der Waals surface area contributed by atoms with Gasteiger partial charge in [-0.1, -0.05) is 43.3 Å². The van der Waals surface area contributed by atoms with Crippen molar-refractivity contribution in [2.24, 2.45) is 11.7 Å². The van der Waals surface area contributed by atoms with Crippen LogP contribution in [0.2, 0.25) is 0 Å². The Morgan fingerprint density at radius 1 is 1.32 bits per heavy atom. The summed E-state index contributed by atoms with van der Waals surface area (Å²) in [5, 5.41) is 3.68. The van der Waals surface area contributed by atoms with Gasteiger partial charge in [0, 0.05) is 11.7 Å². The summed E-state index contributed by atoms with van der Waals surface area (Å²) in [6.07, 6.45) is 8.01. The molecule has 2 atom stereocenters. The van der Waals surface area contributed by atoms with E-state index < -0.39 is 0 Å². The highest BCUT2D eigenvalue weighted by Crippen LogP contribution is 2.28. The number of hydrogen-bond acceptors (Lipinski definition) is 2. The molecule has 3 N–H and O–H groups in total. The molecule has 0 aliphatic carbocycles. The molecular weight excluding hydrogens is 232 g/mol. The lowest BCUT2D eigenvalue weighted by Gasteiger charge is -2.30. The Morgan fingerprint density at radius 3 is 2.74 bits per heavy atom. The molecule has 1 aromatic carbocycles. The highest BCUT2D eigenvalue weighted by atomic mass is 14.9. The summed E-state index contributed by atoms with van der Waals surface area (Å²) in [5.74, 6) is 0.781. The second kappa shape index (κ2) is 7.34. The fraction of sp³-hybridized carbons (Fsp3) is 0.529. The van der Waals surface area contributed by atoms with Crippen molar-refractivity contribution in [3.05, 3.63) is 47.7 Å². The van der Waals surface area contributed by atoms with E-state index in [9.17, 15) is 0 Å². The maximum absolute atomic E-state index is 5.96. The van der Waals surface area contributed by atoms with E-state index in [0.29, 0.717) is 6.04 Å². The molecule has 2 heteroatoms. The Labute approximate surface area is 117 Å². The number of allylic oxidation sites excluding steroid dienone is 2. The minimum Gasteiger partial charge on any atom is -0.402 e. The van der Waals surface area contributed by atoms with Gasteiger partial charge < -0.3 is 11.1 Å². The van der Waals surface area contributed by atoms with Gasteiger partial charge in [0.25, 0.3) is 0 Å². The summed E-state index contributed by atoms with van der Waals surface area (Å²) in [7, 11) is 0. The number of rotatable bonds is 5. The van der Waals surface area contributed by atoms with Crippen LogP contribution in [0.3, 0.4) is 0 Å². The molecule has 0 aromatic heterocycles. The van der Waals surface area contributed by atoms with Crippen LogP contribution in [0.1, 0.15) is 50.6 Å². The van der Waals surface area contributed by atoms with E-state index >= 15 is 0 Å². The first-order valence-electron chi connectivity index (χ1n) is 7.52. The Hall–Kier alpha value is -1.28. The van der Waals surface area contributed by atoms with E-state index in [-0.39, 0.29) is 0 Å². The minimum absolute atomic E-state index is 0.543. The third kappa shape index (κ3) is 4.39. The van der Waals surface area contributed by atoms with Gasteiger partial charge in [-0.15, -0.1) is 0 Å². The molecule has 0 amide bonds. The van der Waals surface area contributed by atoms with Crippen LogP contribution >= 0.6 is 0 Å². The second-order valence-electron chi connectivity index (χ2n) is 5.54. The van der Waals surface area contributed by atoms with Crippen molar-refractivity contribution in [2.75, 3.05) is 6.54 Å². The van der Waals surface area contributed by atoms with Gasteiger partial charge >= 0.3 is 0 Å². The van der Waals surface area contributed by atoms with E-state index in [1.807, 2.05) is 0 Å². The fourth-order valence-electron chi connectivity index (χ4n) is 2.87. The molecule has 1 fully saturated rings. The van der Waals surface area contributed by atoms with Crippen LogP contribution in [0.15, 0.2) is 42.1 Å². The molecule has 0 radical (unpaired) electrons. The molecule has 2 rings (SSSR count). The topological polar surface area (TPSA) is 38.0 Å². The third-order valence-electron chi connectivity index (χ3n) is 4.03. The summed E-state index contributed by atoms with van der Waals surface area (Å²) in [5.41, 5.74) is 8.45. The lowest BCUT2D eigenvalue weighted by atomic mass is 9.88. The summed E-state index contributed by atoms with van der Waals surface area (Å²) < 4.78 is 0. The molecule has 1 aliphatic rings. The van der Waals surface area contributed by atoms with Crippen LogP contribution in [0.25, 0.3) is 0 Å². The Morgan fingerprint density at radius 2 is 2.11 bits per heavy atom. The van der Waals surface area contributed by atoms with Crippen molar-refractivity contribution in [3.63, 3.8) is 0 Å². The predicted molar refractivity (Wildman–Crippen MR) is 81.7 cm³/mol. The van der Waals surface area contributed by atoms with Crippen LogP contribution in [-0.4, -0.2) is 6.54 Å². The lowest BCUT2D eigenvalue weighted by Crippen LogP contribution is -2.33. The molecule has 2 unspecified atom stereocenters. The van der Waals surface area contributed by atoms with Crippen LogP contribution in [-0.2, 0) is 0 Å². The first-order chi connectivity index (χ1) is 9.29. The molecule has 0 bridgehead atoms. The Balaban J connectivity index is 1.75. The minimum atomic E-state index is 0.543. The predicted octanol–water partition coefficient (Wildman–Crippen LogP) is 3.76. The van der Waals surface area contributed by atoms with Crippen molar-refractivity contribution >= 4 is 0 Å². The molecular formula is C17H26N2. The fourth-order valence-corrected chi connectivity index (χ4v) is 2.87. The van der Waals surface area contributed by atoms with Crippen molar-refractivity contribution in [2.45, 2.75) is 45.1 Å². The molecule has 1 heterocycles. The maximum Gasteiger partial charge on any atom is 0.0320 e. The number of benzene rings is 1. The molecule has 0 saturated carbocycles. The summed E-state index contributed by atoms with van der Waals surface area (Å²) in [6.45, 7) is 3.26. The number of piperidine rings is 1. The average Bonchev–Trinajstić information content (AvgIpc) is 2.47. The first kappa shape index (κ1) is 14.1. The standard InChI is InChI=1S/C17H26N2/c1-2-6-16(18)11-9-14-10-12-17(19-13-14)15-7-4-3-5-8-15/h3-8,14,17,19H,2,9-13,18H2,1H3/b16-6+. The molecule has 1 saturated heterocycles. The zero-order valence-electron chi connectivity index (χ0n) is 11.9. The van der Waals surface area contributed by atoms with E-state index in [1.165, 1.54) is 24.8 Å². The van der Waals surface area contributed by atoms with Gasteiger partial charge in [0.2, 0.25) is 0 Å². The molecule has 0 spiro atoms. The van der Waals surface area contributed by atoms with E-state index in [4.69, 9.17) is 5.73 Å². The summed E-state index contributed by atoms with van der Waals surface area (Å²) >= 11 is 0. The van der Waals surface area contributed by atoms with Crippen molar-refractivity contribution in [3.8, 4) is 0 Å². The van der Waals surface area contributed by atoms with E-state index in [1.54, 1.807) is 0 Å². The monoisotopic (exact) mass is 258 g/mol. The number of hydrogen-bond donors (Lipinski definition) is 2.